The Morgan fingerprint density at radius 1 is 0.966 bits per heavy atom. The molecule has 0 spiro atoms. The van der Waals surface area contributed by atoms with Gasteiger partial charge in [-0.05, 0) is 48.5 Å². The van der Waals surface area contributed by atoms with Crippen LogP contribution in [0.3, 0.4) is 0 Å². The van der Waals surface area contributed by atoms with Crippen LogP contribution >= 0.6 is 11.3 Å². The molecular formula is C21H14F2N4OS. The summed E-state index contributed by atoms with van der Waals surface area (Å²) in [5.74, 6) is -2.20. The first-order chi connectivity index (χ1) is 14.1. The van der Waals surface area contributed by atoms with Gasteiger partial charge < -0.3 is 10.6 Å². The molecule has 8 heteroatoms. The van der Waals surface area contributed by atoms with Crippen LogP contribution in [0.4, 0.5) is 25.3 Å². The van der Waals surface area contributed by atoms with Crippen molar-refractivity contribution in [3.63, 3.8) is 0 Å². The zero-order valence-corrected chi connectivity index (χ0v) is 15.7. The van der Waals surface area contributed by atoms with E-state index in [1.807, 2.05) is 23.6 Å². The molecule has 0 aliphatic carbocycles. The molecule has 0 atom stereocenters. The van der Waals surface area contributed by atoms with Crippen molar-refractivity contribution >= 4 is 33.8 Å². The van der Waals surface area contributed by atoms with Crippen LogP contribution in [-0.2, 0) is 0 Å². The highest BCUT2D eigenvalue weighted by molar-refractivity contribution is 7.14. The van der Waals surface area contributed by atoms with E-state index in [2.05, 4.69) is 20.6 Å². The number of amides is 1. The third-order valence-electron chi connectivity index (χ3n) is 4.03. The minimum Gasteiger partial charge on any atom is -0.331 e. The highest BCUT2D eigenvalue weighted by atomic mass is 32.1. The minimum atomic E-state index is -0.787. The molecule has 0 aliphatic heterocycles. The number of pyridine rings is 1. The van der Waals surface area contributed by atoms with Gasteiger partial charge in [0, 0.05) is 34.7 Å². The van der Waals surface area contributed by atoms with E-state index in [4.69, 9.17) is 0 Å². The van der Waals surface area contributed by atoms with E-state index in [1.165, 1.54) is 11.3 Å². The normalized spacial score (nSPS) is 10.6. The number of benzene rings is 2. The largest absolute Gasteiger partial charge is 0.331 e. The summed E-state index contributed by atoms with van der Waals surface area (Å²) in [4.78, 5) is 20.8. The molecule has 29 heavy (non-hydrogen) atoms. The number of thiazole rings is 1. The van der Waals surface area contributed by atoms with Crippen LogP contribution in [0.15, 0.2) is 72.4 Å². The van der Waals surface area contributed by atoms with Crippen molar-refractivity contribution in [2.45, 2.75) is 0 Å². The molecule has 144 valence electrons. The van der Waals surface area contributed by atoms with Gasteiger partial charge in [0.2, 0.25) is 0 Å². The van der Waals surface area contributed by atoms with Gasteiger partial charge in [0.25, 0.3) is 5.91 Å². The lowest BCUT2D eigenvalue weighted by atomic mass is 10.2. The van der Waals surface area contributed by atoms with Crippen LogP contribution in [-0.4, -0.2) is 15.9 Å². The van der Waals surface area contributed by atoms with Crippen LogP contribution in [0, 0.1) is 11.6 Å². The molecule has 1 amide bonds. The quantitative estimate of drug-likeness (QED) is 0.459. The van der Waals surface area contributed by atoms with Gasteiger partial charge in [-0.15, -0.1) is 11.3 Å². The van der Waals surface area contributed by atoms with Crippen molar-refractivity contribution in [2.75, 3.05) is 10.6 Å². The van der Waals surface area contributed by atoms with Crippen molar-refractivity contribution in [3.8, 4) is 11.3 Å². The molecule has 0 saturated carbocycles. The molecule has 0 aliphatic rings. The van der Waals surface area contributed by atoms with Crippen LogP contribution in [0.25, 0.3) is 11.3 Å². The summed E-state index contributed by atoms with van der Waals surface area (Å²) < 4.78 is 27.1. The maximum atomic E-state index is 13.8. The molecule has 0 fully saturated rings. The molecule has 0 radical (unpaired) electrons. The lowest BCUT2D eigenvalue weighted by Gasteiger charge is -2.09. The fourth-order valence-electron chi connectivity index (χ4n) is 2.65. The zero-order chi connectivity index (χ0) is 20.2. The van der Waals surface area contributed by atoms with Crippen LogP contribution in [0.5, 0.6) is 0 Å². The van der Waals surface area contributed by atoms with Gasteiger partial charge in [0.1, 0.15) is 11.6 Å². The van der Waals surface area contributed by atoms with Crippen molar-refractivity contribution in [1.82, 2.24) is 9.97 Å². The molecule has 2 aromatic carbocycles. The Labute approximate surface area is 169 Å². The summed E-state index contributed by atoms with van der Waals surface area (Å²) in [5, 5.41) is 8.35. The van der Waals surface area contributed by atoms with E-state index in [0.29, 0.717) is 16.5 Å². The standard InChI is InChI=1S/C21H14F2N4OS/c22-14-4-5-18(23)17(10-14)20(28)25-15-2-1-3-16(11-15)26-21-27-19(12-29-21)13-6-8-24-9-7-13/h1-12H,(H,25,28)(H,26,27). The van der Waals surface area contributed by atoms with Gasteiger partial charge in [0.05, 0.1) is 11.3 Å². The summed E-state index contributed by atoms with van der Waals surface area (Å²) in [6, 6.07) is 13.4. The molecule has 0 unspecified atom stereocenters. The first kappa shape index (κ1) is 18.7. The number of carbonyl (C=O) groups excluding carboxylic acids is 1. The van der Waals surface area contributed by atoms with Crippen molar-refractivity contribution in [2.24, 2.45) is 0 Å². The fourth-order valence-corrected chi connectivity index (χ4v) is 3.39. The van der Waals surface area contributed by atoms with Crippen LogP contribution in [0.1, 0.15) is 10.4 Å². The Hall–Kier alpha value is -3.65. The first-order valence-electron chi connectivity index (χ1n) is 8.58. The van der Waals surface area contributed by atoms with Crippen LogP contribution in [0.2, 0.25) is 0 Å². The SMILES string of the molecule is O=C(Nc1cccc(Nc2nc(-c3ccncc3)cs2)c1)c1cc(F)ccc1F. The molecule has 4 aromatic rings. The average Bonchev–Trinajstić information content (AvgIpc) is 3.19. The Morgan fingerprint density at radius 3 is 2.59 bits per heavy atom. The Bertz CT molecular complexity index is 1160. The van der Waals surface area contributed by atoms with Gasteiger partial charge in [-0.1, -0.05) is 6.07 Å². The number of carbonyl (C=O) groups is 1. The second-order valence-electron chi connectivity index (χ2n) is 6.06. The van der Waals surface area contributed by atoms with E-state index in [-0.39, 0.29) is 5.56 Å². The molecule has 2 N–H and O–H groups in total. The summed E-state index contributed by atoms with van der Waals surface area (Å²) in [6.45, 7) is 0. The molecular weight excluding hydrogens is 394 g/mol. The zero-order valence-electron chi connectivity index (χ0n) is 14.9. The van der Waals surface area contributed by atoms with Crippen LogP contribution < -0.4 is 10.6 Å². The van der Waals surface area contributed by atoms with Crippen molar-refractivity contribution < 1.29 is 13.6 Å². The number of anilines is 3. The summed E-state index contributed by atoms with van der Waals surface area (Å²) >= 11 is 1.44. The predicted octanol–water partition coefficient (Wildman–Crippen LogP) is 5.48. The Kier molecular flexibility index (Phi) is 5.26. The highest BCUT2D eigenvalue weighted by Gasteiger charge is 2.13. The average molecular weight is 408 g/mol. The van der Waals surface area contributed by atoms with E-state index in [1.54, 1.807) is 30.6 Å². The maximum absolute atomic E-state index is 13.8. The van der Waals surface area contributed by atoms with E-state index in [0.717, 1.165) is 29.5 Å². The number of nitrogens with zero attached hydrogens (tertiary/aromatic N) is 2. The smallest absolute Gasteiger partial charge is 0.258 e. The van der Waals surface area contributed by atoms with Crippen molar-refractivity contribution in [1.29, 1.82) is 0 Å². The third-order valence-corrected chi connectivity index (χ3v) is 4.78. The van der Waals surface area contributed by atoms with Crippen molar-refractivity contribution in [3.05, 3.63) is 89.6 Å². The lowest BCUT2D eigenvalue weighted by molar-refractivity contribution is 0.102. The number of aromatic nitrogens is 2. The van der Waals surface area contributed by atoms with E-state index >= 15 is 0 Å². The molecule has 5 nitrogen and oxygen atoms in total. The molecule has 0 bridgehead atoms. The predicted molar refractivity (Wildman–Crippen MR) is 109 cm³/mol. The molecule has 2 aromatic heterocycles. The number of hydrogen-bond acceptors (Lipinski definition) is 5. The molecule has 0 saturated heterocycles. The fraction of sp³-hybridized carbons (Fsp3) is 0. The number of hydrogen-bond donors (Lipinski definition) is 2. The van der Waals surface area contributed by atoms with Gasteiger partial charge in [-0.3, -0.25) is 9.78 Å². The highest BCUT2D eigenvalue weighted by Crippen LogP contribution is 2.27. The summed E-state index contributed by atoms with van der Waals surface area (Å²) in [6.07, 6.45) is 3.41. The Balaban J connectivity index is 1.49. The number of nitrogens with one attached hydrogen (secondary N) is 2. The van der Waals surface area contributed by atoms with E-state index in [9.17, 15) is 13.6 Å². The lowest BCUT2D eigenvalue weighted by Crippen LogP contribution is -2.14. The van der Waals surface area contributed by atoms with Gasteiger partial charge in [-0.2, -0.15) is 0 Å². The number of halogens is 2. The topological polar surface area (TPSA) is 66.9 Å². The van der Waals surface area contributed by atoms with Gasteiger partial charge in [0.15, 0.2) is 5.13 Å². The second kappa shape index (κ2) is 8.15. The van der Waals surface area contributed by atoms with Gasteiger partial charge in [-0.25, -0.2) is 13.8 Å². The second-order valence-corrected chi connectivity index (χ2v) is 6.92. The molecule has 2 heterocycles. The third kappa shape index (κ3) is 4.44. The summed E-state index contributed by atoms with van der Waals surface area (Å²) in [5.41, 5.74) is 2.56. The number of rotatable bonds is 5. The summed E-state index contributed by atoms with van der Waals surface area (Å²) in [7, 11) is 0. The van der Waals surface area contributed by atoms with Gasteiger partial charge >= 0.3 is 0 Å². The first-order valence-corrected chi connectivity index (χ1v) is 9.46. The Morgan fingerprint density at radius 2 is 1.76 bits per heavy atom. The van der Waals surface area contributed by atoms with E-state index < -0.39 is 17.5 Å². The molecule has 4 rings (SSSR count). The monoisotopic (exact) mass is 408 g/mol. The maximum Gasteiger partial charge on any atom is 0.258 e. The minimum absolute atomic E-state index is 0.356.